The Balaban J connectivity index is 1.67. The molecule has 1 fully saturated rings. The van der Waals surface area contributed by atoms with Crippen molar-refractivity contribution >= 4 is 23.2 Å². The number of anilines is 2. The molecule has 0 aliphatic carbocycles. The molecule has 1 saturated heterocycles. The lowest BCUT2D eigenvalue weighted by Crippen LogP contribution is -2.35. The Morgan fingerprint density at radius 1 is 1.06 bits per heavy atom. The van der Waals surface area contributed by atoms with Gasteiger partial charge in [0.25, 0.3) is 5.91 Å². The number of Topliss-reactive ketones (excluding diaryl/α,β-unsaturated/α-hetero) is 1. The van der Waals surface area contributed by atoms with Gasteiger partial charge in [-0.1, -0.05) is 19.9 Å². The van der Waals surface area contributed by atoms with E-state index in [0.29, 0.717) is 24.6 Å². The average Bonchev–Trinajstić information content (AvgIpc) is 3.23. The second-order valence-corrected chi connectivity index (χ2v) is 9.89. The third-order valence-corrected chi connectivity index (χ3v) is 6.82. The number of H-pyrrole nitrogens is 1. The van der Waals surface area contributed by atoms with Crippen LogP contribution >= 0.6 is 0 Å². The molecule has 6 nitrogen and oxygen atoms in total. The van der Waals surface area contributed by atoms with E-state index in [9.17, 15) is 9.59 Å². The zero-order valence-corrected chi connectivity index (χ0v) is 20.0. The largest absolute Gasteiger partial charge is 0.488 e. The summed E-state index contributed by atoms with van der Waals surface area (Å²) >= 11 is 0. The zero-order chi connectivity index (χ0) is 23.0. The highest BCUT2D eigenvalue weighted by molar-refractivity contribution is 5.95. The highest BCUT2D eigenvalue weighted by atomic mass is 16.5. The molecule has 1 aromatic heterocycles. The normalized spacial score (nSPS) is 16.7. The van der Waals surface area contributed by atoms with Gasteiger partial charge in [-0.05, 0) is 63.3 Å². The third kappa shape index (κ3) is 4.03. The molecule has 6 heteroatoms. The Morgan fingerprint density at radius 3 is 2.47 bits per heavy atom. The van der Waals surface area contributed by atoms with Crippen molar-refractivity contribution < 1.29 is 14.3 Å². The lowest BCUT2D eigenvalue weighted by atomic mass is 9.75. The van der Waals surface area contributed by atoms with Crippen molar-refractivity contribution in [2.24, 2.45) is 5.92 Å². The number of hydrogen-bond acceptors (Lipinski definition) is 4. The van der Waals surface area contributed by atoms with Crippen LogP contribution in [-0.4, -0.2) is 47.8 Å². The number of hydrogen-bond donors (Lipinski definition) is 1. The summed E-state index contributed by atoms with van der Waals surface area (Å²) in [4.78, 5) is 33.4. The number of carbonyl (C=O) groups excluding carboxylic acids is 2. The molecular weight excluding hydrogens is 402 g/mol. The van der Waals surface area contributed by atoms with Crippen LogP contribution in [0.3, 0.4) is 0 Å². The van der Waals surface area contributed by atoms with Gasteiger partial charge < -0.3 is 19.5 Å². The Kier molecular flexibility index (Phi) is 6.06. The van der Waals surface area contributed by atoms with Gasteiger partial charge in [0.1, 0.15) is 18.1 Å². The molecule has 1 N–H and O–H groups in total. The molecule has 172 valence electrons. The molecule has 4 rings (SSSR count). The minimum Gasteiger partial charge on any atom is -0.488 e. The maximum atomic E-state index is 13.0. The lowest BCUT2D eigenvalue weighted by Gasteiger charge is -2.32. The van der Waals surface area contributed by atoms with Gasteiger partial charge in [-0.3, -0.25) is 9.59 Å². The van der Waals surface area contributed by atoms with Crippen molar-refractivity contribution in [3.8, 4) is 5.75 Å². The van der Waals surface area contributed by atoms with E-state index in [1.165, 1.54) is 6.42 Å². The first-order valence-corrected chi connectivity index (χ1v) is 11.8. The van der Waals surface area contributed by atoms with Crippen LogP contribution in [0, 0.1) is 12.8 Å². The molecule has 2 aliphatic heterocycles. The molecule has 0 saturated carbocycles. The minimum absolute atomic E-state index is 0.0326. The van der Waals surface area contributed by atoms with E-state index >= 15 is 0 Å². The highest BCUT2D eigenvalue weighted by Gasteiger charge is 2.34. The number of aromatic amines is 1. The van der Waals surface area contributed by atoms with Gasteiger partial charge in [-0.15, -0.1) is 0 Å². The molecule has 2 aromatic rings. The van der Waals surface area contributed by atoms with E-state index in [-0.39, 0.29) is 17.6 Å². The molecule has 3 heterocycles. The van der Waals surface area contributed by atoms with Crippen molar-refractivity contribution in [3.05, 3.63) is 41.1 Å². The van der Waals surface area contributed by atoms with Crippen LogP contribution < -0.4 is 9.64 Å². The van der Waals surface area contributed by atoms with E-state index in [1.54, 1.807) is 0 Å². The van der Waals surface area contributed by atoms with Crippen LogP contribution in [0.5, 0.6) is 5.75 Å². The van der Waals surface area contributed by atoms with E-state index < -0.39 is 5.41 Å². The highest BCUT2D eigenvalue weighted by Crippen LogP contribution is 2.39. The Morgan fingerprint density at radius 2 is 1.78 bits per heavy atom. The van der Waals surface area contributed by atoms with Crippen LogP contribution in [0.2, 0.25) is 0 Å². The SMILES string of the molecule is Cc1ccc(N2CCOc3cc(C(=O)N4CCCCC4)[nH]c32)cc1C(C)(C)C(=O)C(C)C. The average molecular weight is 438 g/mol. The first-order valence-electron chi connectivity index (χ1n) is 11.8. The quantitative estimate of drug-likeness (QED) is 0.716. The van der Waals surface area contributed by atoms with Crippen molar-refractivity contribution in [1.29, 1.82) is 0 Å². The Hall–Kier alpha value is -2.76. The van der Waals surface area contributed by atoms with Gasteiger partial charge in [0, 0.05) is 36.2 Å². The van der Waals surface area contributed by atoms with Gasteiger partial charge in [0.2, 0.25) is 0 Å². The number of benzene rings is 1. The van der Waals surface area contributed by atoms with Gasteiger partial charge in [0.05, 0.1) is 6.54 Å². The summed E-state index contributed by atoms with van der Waals surface area (Å²) in [6, 6.07) is 8.12. The number of likely N-dealkylation sites (tertiary alicyclic amines) is 1. The number of rotatable bonds is 5. The fourth-order valence-corrected chi connectivity index (χ4v) is 5.04. The van der Waals surface area contributed by atoms with E-state index in [2.05, 4.69) is 35.0 Å². The molecule has 2 aliphatic rings. The molecule has 0 unspecified atom stereocenters. The predicted molar refractivity (Wildman–Crippen MR) is 127 cm³/mol. The van der Waals surface area contributed by atoms with Crippen LogP contribution in [-0.2, 0) is 10.2 Å². The third-order valence-electron chi connectivity index (χ3n) is 6.82. The Labute approximate surface area is 190 Å². The molecular formula is C26H35N3O3. The minimum atomic E-state index is -0.575. The maximum absolute atomic E-state index is 13.0. The number of aromatic nitrogens is 1. The number of nitrogens with zero attached hydrogens (tertiary/aromatic N) is 2. The monoisotopic (exact) mass is 437 g/mol. The summed E-state index contributed by atoms with van der Waals surface area (Å²) in [5.41, 5.74) is 3.14. The van der Waals surface area contributed by atoms with Gasteiger partial charge in [0.15, 0.2) is 11.6 Å². The van der Waals surface area contributed by atoms with E-state index in [0.717, 1.165) is 48.6 Å². The lowest BCUT2D eigenvalue weighted by molar-refractivity contribution is -0.126. The first-order chi connectivity index (χ1) is 15.2. The van der Waals surface area contributed by atoms with Crippen molar-refractivity contribution in [2.45, 2.75) is 59.3 Å². The number of amides is 1. The standard InChI is InChI=1S/C26H35N3O3/c1-17(2)23(30)26(4,5)20-15-19(10-9-18(20)3)29-13-14-32-22-16-21(27-24(22)29)25(31)28-11-7-6-8-12-28/h9-10,15-17,27H,6-8,11-14H2,1-5H3. The summed E-state index contributed by atoms with van der Waals surface area (Å²) in [5.74, 6) is 1.75. The number of carbonyl (C=O) groups is 2. The summed E-state index contributed by atoms with van der Waals surface area (Å²) < 4.78 is 5.89. The topological polar surface area (TPSA) is 65.6 Å². The van der Waals surface area contributed by atoms with Gasteiger partial charge >= 0.3 is 0 Å². The summed E-state index contributed by atoms with van der Waals surface area (Å²) in [6.45, 7) is 12.8. The predicted octanol–water partition coefficient (Wildman–Crippen LogP) is 4.98. The molecule has 0 bridgehead atoms. The number of piperidine rings is 1. The fraction of sp³-hybridized carbons (Fsp3) is 0.538. The summed E-state index contributed by atoms with van der Waals surface area (Å²) in [5, 5.41) is 0. The van der Waals surface area contributed by atoms with Crippen molar-refractivity contribution in [3.63, 3.8) is 0 Å². The van der Waals surface area contributed by atoms with Crippen molar-refractivity contribution in [1.82, 2.24) is 9.88 Å². The zero-order valence-electron chi connectivity index (χ0n) is 20.0. The first kappa shape index (κ1) is 22.4. The second kappa shape index (κ2) is 8.64. The van der Waals surface area contributed by atoms with Gasteiger partial charge in [-0.2, -0.15) is 0 Å². The molecule has 1 amide bonds. The van der Waals surface area contributed by atoms with Crippen LogP contribution in [0.4, 0.5) is 11.5 Å². The second-order valence-electron chi connectivity index (χ2n) is 9.89. The molecule has 0 spiro atoms. The molecule has 32 heavy (non-hydrogen) atoms. The van der Waals surface area contributed by atoms with Crippen molar-refractivity contribution in [2.75, 3.05) is 31.1 Å². The number of ether oxygens (including phenoxy) is 1. The summed E-state index contributed by atoms with van der Waals surface area (Å²) in [7, 11) is 0. The number of fused-ring (bicyclic) bond motifs is 1. The number of nitrogens with one attached hydrogen (secondary N) is 1. The van der Waals surface area contributed by atoms with Crippen LogP contribution in [0.1, 0.15) is 68.6 Å². The van der Waals surface area contributed by atoms with Crippen LogP contribution in [0.15, 0.2) is 24.3 Å². The van der Waals surface area contributed by atoms with Gasteiger partial charge in [-0.25, -0.2) is 0 Å². The fourth-order valence-electron chi connectivity index (χ4n) is 5.04. The summed E-state index contributed by atoms with van der Waals surface area (Å²) in [6.07, 6.45) is 3.31. The Bertz CT molecular complexity index is 1020. The molecule has 0 atom stereocenters. The number of aryl methyl sites for hydroxylation is 1. The molecule has 1 aromatic carbocycles. The molecule has 0 radical (unpaired) electrons. The van der Waals surface area contributed by atoms with Crippen LogP contribution in [0.25, 0.3) is 0 Å². The smallest absolute Gasteiger partial charge is 0.270 e. The maximum Gasteiger partial charge on any atom is 0.270 e. The van der Waals surface area contributed by atoms with E-state index in [4.69, 9.17) is 4.74 Å². The van der Waals surface area contributed by atoms with E-state index in [1.807, 2.05) is 38.7 Å². The number of ketones is 1.